The number of hydrogen-bond acceptors (Lipinski definition) is 2. The molecule has 0 fully saturated rings. The Bertz CT molecular complexity index is 1310. The van der Waals surface area contributed by atoms with E-state index in [9.17, 15) is 18.4 Å². The second kappa shape index (κ2) is 10.8. The Hall–Kier alpha value is -4.26. The summed E-state index contributed by atoms with van der Waals surface area (Å²) >= 11 is 0. The zero-order valence-electron chi connectivity index (χ0n) is 19.2. The van der Waals surface area contributed by atoms with Crippen LogP contribution in [0.4, 0.5) is 14.5 Å². The molecule has 0 atom stereocenters. The van der Waals surface area contributed by atoms with Crippen LogP contribution >= 0.6 is 0 Å². The maximum Gasteiger partial charge on any atom is 0.221 e. The highest BCUT2D eigenvalue weighted by molar-refractivity contribution is 5.88. The van der Waals surface area contributed by atoms with Gasteiger partial charge >= 0.3 is 0 Å². The van der Waals surface area contributed by atoms with E-state index in [1.165, 1.54) is 31.2 Å². The average molecular weight is 474 g/mol. The fourth-order valence-corrected chi connectivity index (χ4v) is 3.85. The van der Waals surface area contributed by atoms with Crippen molar-refractivity contribution in [2.24, 2.45) is 0 Å². The third-order valence-corrected chi connectivity index (χ3v) is 5.56. The van der Waals surface area contributed by atoms with Crippen molar-refractivity contribution in [2.45, 2.75) is 26.3 Å². The zero-order chi connectivity index (χ0) is 24.8. The summed E-state index contributed by atoms with van der Waals surface area (Å²) in [7, 11) is 0. The second-order valence-corrected chi connectivity index (χ2v) is 8.18. The molecule has 4 rings (SSSR count). The molecule has 0 bridgehead atoms. The van der Waals surface area contributed by atoms with Gasteiger partial charge in [-0.25, -0.2) is 8.78 Å². The smallest absolute Gasteiger partial charge is 0.221 e. The molecule has 2 N–H and O–H groups in total. The van der Waals surface area contributed by atoms with Gasteiger partial charge in [-0.3, -0.25) is 9.59 Å². The minimum Gasteiger partial charge on any atom is -0.352 e. The molecule has 0 saturated heterocycles. The van der Waals surface area contributed by atoms with Gasteiger partial charge in [0.15, 0.2) is 0 Å². The monoisotopic (exact) mass is 473 g/mol. The number of benzene rings is 3. The molecular formula is C28H25F2N3O2. The van der Waals surface area contributed by atoms with Crippen molar-refractivity contribution >= 4 is 17.5 Å². The van der Waals surface area contributed by atoms with E-state index in [1.807, 2.05) is 41.0 Å². The van der Waals surface area contributed by atoms with Gasteiger partial charge in [-0.15, -0.1) is 0 Å². The van der Waals surface area contributed by atoms with E-state index < -0.39 is 0 Å². The molecule has 1 aromatic heterocycles. The third-order valence-electron chi connectivity index (χ3n) is 5.56. The molecule has 0 aliphatic rings. The molecule has 0 aliphatic heterocycles. The van der Waals surface area contributed by atoms with E-state index in [2.05, 4.69) is 10.6 Å². The van der Waals surface area contributed by atoms with Gasteiger partial charge in [-0.05, 0) is 90.3 Å². The van der Waals surface area contributed by atoms with Crippen LogP contribution in [0.3, 0.4) is 0 Å². The number of halogens is 2. The van der Waals surface area contributed by atoms with E-state index in [-0.39, 0.29) is 29.9 Å². The Kier molecular flexibility index (Phi) is 7.35. The van der Waals surface area contributed by atoms with Crippen LogP contribution in [0.5, 0.6) is 0 Å². The summed E-state index contributed by atoms with van der Waals surface area (Å²) < 4.78 is 28.6. The molecule has 0 aliphatic carbocycles. The van der Waals surface area contributed by atoms with E-state index in [4.69, 9.17) is 0 Å². The van der Waals surface area contributed by atoms with E-state index in [0.29, 0.717) is 18.7 Å². The number of hydrogen-bond donors (Lipinski definition) is 2. The van der Waals surface area contributed by atoms with Crippen molar-refractivity contribution in [3.63, 3.8) is 0 Å². The van der Waals surface area contributed by atoms with Gasteiger partial charge in [0.1, 0.15) is 11.6 Å². The standard InChI is InChI=1S/C28H25F2N3O2/c1-19(34)32-24-10-12-25(13-11-24)33-26(14-16-27(33)21-4-8-23(30)9-5-21)15-17-28(35)31-18-20-2-6-22(29)7-3-20/h2-14,16H,15,17-18H2,1H3,(H,31,35)(H,32,34). The number of aromatic nitrogens is 1. The predicted octanol–water partition coefficient (Wildman–Crippen LogP) is 5.63. The van der Waals surface area contributed by atoms with Crippen molar-refractivity contribution in [3.8, 4) is 16.9 Å². The number of aryl methyl sites for hydroxylation is 1. The largest absolute Gasteiger partial charge is 0.352 e. The third kappa shape index (κ3) is 6.20. The SMILES string of the molecule is CC(=O)Nc1ccc(-n2c(CCC(=O)NCc3ccc(F)cc3)ccc2-c2ccc(F)cc2)cc1. The number of carbonyl (C=O) groups excluding carboxylic acids is 2. The lowest BCUT2D eigenvalue weighted by molar-refractivity contribution is -0.121. The van der Waals surface area contributed by atoms with Gasteiger partial charge in [0.25, 0.3) is 0 Å². The van der Waals surface area contributed by atoms with Crippen molar-refractivity contribution in [1.29, 1.82) is 0 Å². The summed E-state index contributed by atoms with van der Waals surface area (Å²) in [5.41, 5.74) is 4.96. The fraction of sp³-hybridized carbons (Fsp3) is 0.143. The minimum atomic E-state index is -0.317. The Labute approximate surface area is 202 Å². The first-order valence-corrected chi connectivity index (χ1v) is 11.2. The van der Waals surface area contributed by atoms with Gasteiger partial charge in [0.05, 0.1) is 5.69 Å². The zero-order valence-corrected chi connectivity index (χ0v) is 19.2. The maximum atomic E-state index is 13.5. The van der Waals surface area contributed by atoms with Crippen molar-refractivity contribution < 1.29 is 18.4 Å². The van der Waals surface area contributed by atoms with Gasteiger partial charge in [0.2, 0.25) is 11.8 Å². The predicted molar refractivity (Wildman–Crippen MR) is 132 cm³/mol. The lowest BCUT2D eigenvalue weighted by Crippen LogP contribution is -2.23. The van der Waals surface area contributed by atoms with E-state index in [0.717, 1.165) is 28.2 Å². The van der Waals surface area contributed by atoms with Crippen molar-refractivity contribution in [1.82, 2.24) is 9.88 Å². The van der Waals surface area contributed by atoms with Gasteiger partial charge in [-0.2, -0.15) is 0 Å². The molecule has 178 valence electrons. The molecule has 1 heterocycles. The summed E-state index contributed by atoms with van der Waals surface area (Å²) in [4.78, 5) is 23.8. The number of rotatable bonds is 8. The summed E-state index contributed by atoms with van der Waals surface area (Å²) in [5.74, 6) is -0.906. The quantitative estimate of drug-likeness (QED) is 0.348. The molecule has 5 nitrogen and oxygen atoms in total. The van der Waals surface area contributed by atoms with Crippen molar-refractivity contribution in [3.05, 3.63) is 108 Å². The minimum absolute atomic E-state index is 0.119. The molecular weight excluding hydrogens is 448 g/mol. The van der Waals surface area contributed by atoms with Crippen LogP contribution in [0.2, 0.25) is 0 Å². The molecule has 3 aromatic carbocycles. The molecule has 0 unspecified atom stereocenters. The highest BCUT2D eigenvalue weighted by Gasteiger charge is 2.14. The fourth-order valence-electron chi connectivity index (χ4n) is 3.85. The molecule has 0 saturated carbocycles. The Morgan fingerprint density at radius 1 is 0.800 bits per heavy atom. The highest BCUT2D eigenvalue weighted by Crippen LogP contribution is 2.28. The molecule has 35 heavy (non-hydrogen) atoms. The lowest BCUT2D eigenvalue weighted by Gasteiger charge is -2.15. The molecule has 2 amide bonds. The molecule has 0 radical (unpaired) electrons. The van der Waals surface area contributed by atoms with E-state index >= 15 is 0 Å². The summed E-state index contributed by atoms with van der Waals surface area (Å²) in [6.07, 6.45) is 0.738. The maximum absolute atomic E-state index is 13.5. The molecule has 7 heteroatoms. The first-order valence-electron chi connectivity index (χ1n) is 11.2. The summed E-state index contributed by atoms with van der Waals surface area (Å²) in [6.45, 7) is 1.78. The van der Waals surface area contributed by atoms with Crippen molar-refractivity contribution in [2.75, 3.05) is 5.32 Å². The van der Waals surface area contributed by atoms with Crippen LogP contribution in [0, 0.1) is 11.6 Å². The first kappa shape index (κ1) is 23.9. The van der Waals surface area contributed by atoms with Crippen LogP contribution in [-0.4, -0.2) is 16.4 Å². The second-order valence-electron chi connectivity index (χ2n) is 8.18. The number of amides is 2. The Morgan fingerprint density at radius 3 is 2.06 bits per heavy atom. The Balaban J connectivity index is 1.54. The normalized spacial score (nSPS) is 10.7. The van der Waals surface area contributed by atoms with Crippen LogP contribution < -0.4 is 10.6 Å². The summed E-state index contributed by atoms with van der Waals surface area (Å²) in [6, 6.07) is 23.5. The first-order chi connectivity index (χ1) is 16.9. The Morgan fingerprint density at radius 2 is 1.43 bits per heavy atom. The topological polar surface area (TPSA) is 63.1 Å². The number of nitrogens with zero attached hydrogens (tertiary/aromatic N) is 1. The number of carbonyl (C=O) groups is 2. The van der Waals surface area contributed by atoms with Crippen LogP contribution in [0.1, 0.15) is 24.6 Å². The average Bonchev–Trinajstić information content (AvgIpc) is 3.27. The van der Waals surface area contributed by atoms with Gasteiger partial charge in [0, 0.05) is 37.0 Å². The van der Waals surface area contributed by atoms with Crippen LogP contribution in [0.25, 0.3) is 16.9 Å². The van der Waals surface area contributed by atoms with Crippen LogP contribution in [0.15, 0.2) is 84.9 Å². The molecule has 4 aromatic rings. The van der Waals surface area contributed by atoms with E-state index in [1.54, 1.807) is 24.3 Å². The number of nitrogens with one attached hydrogen (secondary N) is 2. The highest BCUT2D eigenvalue weighted by atomic mass is 19.1. The van der Waals surface area contributed by atoms with Gasteiger partial charge < -0.3 is 15.2 Å². The lowest BCUT2D eigenvalue weighted by atomic mass is 10.1. The molecule has 0 spiro atoms. The number of anilines is 1. The summed E-state index contributed by atoms with van der Waals surface area (Å²) in [5, 5.41) is 5.62. The van der Waals surface area contributed by atoms with Crippen LogP contribution in [-0.2, 0) is 22.6 Å². The van der Waals surface area contributed by atoms with Gasteiger partial charge in [-0.1, -0.05) is 12.1 Å².